The predicted octanol–water partition coefficient (Wildman–Crippen LogP) is 3.59. The van der Waals surface area contributed by atoms with Gasteiger partial charge < -0.3 is 5.32 Å². The van der Waals surface area contributed by atoms with Crippen molar-refractivity contribution in [2.45, 2.75) is 51.9 Å². The van der Waals surface area contributed by atoms with Crippen LogP contribution in [0.15, 0.2) is 12.4 Å². The molecule has 1 saturated carbocycles. The molecule has 0 aliphatic heterocycles. The monoisotopic (exact) mass is 233 g/mol. The first-order chi connectivity index (χ1) is 8.25. The lowest BCUT2D eigenvalue weighted by atomic mass is 10.0. The molecule has 0 bridgehead atoms. The van der Waals surface area contributed by atoms with E-state index in [0.717, 1.165) is 24.0 Å². The number of hydrogen-bond donors (Lipinski definition) is 1. The number of aromatic nitrogens is 2. The van der Waals surface area contributed by atoms with Gasteiger partial charge in [0.25, 0.3) is 0 Å². The molecule has 0 saturated heterocycles. The van der Waals surface area contributed by atoms with Gasteiger partial charge in [-0.25, -0.2) is 9.97 Å². The van der Waals surface area contributed by atoms with E-state index >= 15 is 0 Å². The molecule has 0 aromatic carbocycles. The Hall–Kier alpha value is -1.12. The second kappa shape index (κ2) is 5.99. The summed E-state index contributed by atoms with van der Waals surface area (Å²) >= 11 is 0. The third kappa shape index (κ3) is 3.69. The molecule has 0 amide bonds. The minimum absolute atomic E-state index is 0.466. The van der Waals surface area contributed by atoms with Gasteiger partial charge >= 0.3 is 0 Å². The van der Waals surface area contributed by atoms with Crippen LogP contribution in [0.2, 0.25) is 0 Å². The van der Waals surface area contributed by atoms with Gasteiger partial charge in [-0.2, -0.15) is 0 Å². The first-order valence-electron chi connectivity index (χ1n) is 6.81. The first-order valence-corrected chi connectivity index (χ1v) is 6.81. The maximum absolute atomic E-state index is 4.27. The maximum atomic E-state index is 4.27. The number of nitrogens with one attached hydrogen (secondary N) is 1. The lowest BCUT2D eigenvalue weighted by Gasteiger charge is -2.11. The highest BCUT2D eigenvalue weighted by Gasteiger charge is 2.14. The Morgan fingerprint density at radius 2 is 2.06 bits per heavy atom. The molecule has 1 aromatic rings. The van der Waals surface area contributed by atoms with Crippen molar-refractivity contribution >= 4 is 5.82 Å². The van der Waals surface area contributed by atoms with Crippen LogP contribution in [-0.2, 0) is 0 Å². The molecule has 0 spiro atoms. The fraction of sp³-hybridized carbons (Fsp3) is 0.714. The number of anilines is 1. The molecular weight excluding hydrogens is 210 g/mol. The molecule has 3 nitrogen and oxygen atoms in total. The van der Waals surface area contributed by atoms with Crippen molar-refractivity contribution in [1.82, 2.24) is 9.97 Å². The molecule has 0 atom stereocenters. The van der Waals surface area contributed by atoms with Crippen molar-refractivity contribution < 1.29 is 0 Å². The molecule has 1 fully saturated rings. The van der Waals surface area contributed by atoms with E-state index in [4.69, 9.17) is 0 Å². The minimum atomic E-state index is 0.466. The summed E-state index contributed by atoms with van der Waals surface area (Å²) in [7, 11) is 0. The largest absolute Gasteiger partial charge is 0.370 e. The van der Waals surface area contributed by atoms with Gasteiger partial charge in [0.05, 0.1) is 0 Å². The smallest absolute Gasteiger partial charge is 0.129 e. The molecule has 1 heterocycles. The third-order valence-electron chi connectivity index (χ3n) is 3.61. The molecule has 2 rings (SSSR count). The fourth-order valence-corrected chi connectivity index (χ4v) is 2.49. The first kappa shape index (κ1) is 12.3. The summed E-state index contributed by atoms with van der Waals surface area (Å²) in [6, 6.07) is 2.07. The lowest BCUT2D eigenvalue weighted by Crippen LogP contribution is -2.08. The summed E-state index contributed by atoms with van der Waals surface area (Å²) < 4.78 is 0. The van der Waals surface area contributed by atoms with E-state index in [1.165, 1.54) is 32.1 Å². The summed E-state index contributed by atoms with van der Waals surface area (Å²) in [6.07, 6.45) is 8.63. The Kier molecular flexibility index (Phi) is 4.35. The Morgan fingerprint density at radius 1 is 1.29 bits per heavy atom. The highest BCUT2D eigenvalue weighted by molar-refractivity contribution is 5.35. The normalized spacial score (nSPS) is 16.6. The van der Waals surface area contributed by atoms with Crippen LogP contribution < -0.4 is 5.32 Å². The number of hydrogen-bond acceptors (Lipinski definition) is 3. The molecule has 3 heteroatoms. The molecule has 0 radical (unpaired) electrons. The van der Waals surface area contributed by atoms with Crippen LogP contribution in [0.3, 0.4) is 0 Å². The standard InChI is InChI=1S/C14H23N3/c1-11(2)13-9-14(17-10-16-13)15-8-7-12-5-3-4-6-12/h9-12H,3-8H2,1-2H3,(H,15,16,17). The van der Waals surface area contributed by atoms with Gasteiger partial charge in [0, 0.05) is 18.3 Å². The van der Waals surface area contributed by atoms with Gasteiger partial charge in [0.1, 0.15) is 12.1 Å². The van der Waals surface area contributed by atoms with Crippen LogP contribution in [0, 0.1) is 5.92 Å². The van der Waals surface area contributed by atoms with Gasteiger partial charge in [-0.3, -0.25) is 0 Å². The summed E-state index contributed by atoms with van der Waals surface area (Å²) in [5.41, 5.74) is 1.11. The molecule has 1 aromatic heterocycles. The van der Waals surface area contributed by atoms with Crippen molar-refractivity contribution in [3.05, 3.63) is 18.1 Å². The Labute approximate surface area is 104 Å². The molecule has 1 aliphatic carbocycles. The highest BCUT2D eigenvalue weighted by atomic mass is 15.0. The van der Waals surface area contributed by atoms with Crippen molar-refractivity contribution in [3.8, 4) is 0 Å². The summed E-state index contributed by atoms with van der Waals surface area (Å²) in [5.74, 6) is 2.38. The van der Waals surface area contributed by atoms with Crippen LogP contribution >= 0.6 is 0 Å². The molecule has 1 aliphatic rings. The summed E-state index contributed by atoms with van der Waals surface area (Å²) in [4.78, 5) is 8.54. The zero-order chi connectivity index (χ0) is 12.1. The van der Waals surface area contributed by atoms with Crippen LogP contribution in [0.25, 0.3) is 0 Å². The van der Waals surface area contributed by atoms with Crippen LogP contribution in [0.1, 0.15) is 57.6 Å². The van der Waals surface area contributed by atoms with Gasteiger partial charge in [-0.15, -0.1) is 0 Å². The highest BCUT2D eigenvalue weighted by Crippen LogP contribution is 2.27. The van der Waals surface area contributed by atoms with Gasteiger partial charge in [-0.05, 0) is 18.3 Å². The van der Waals surface area contributed by atoms with E-state index in [-0.39, 0.29) is 0 Å². The van der Waals surface area contributed by atoms with E-state index in [0.29, 0.717) is 5.92 Å². The average Bonchev–Trinajstić information content (AvgIpc) is 2.82. The second-order valence-corrected chi connectivity index (χ2v) is 5.35. The van der Waals surface area contributed by atoms with E-state index in [1.54, 1.807) is 6.33 Å². The predicted molar refractivity (Wildman–Crippen MR) is 71.2 cm³/mol. The van der Waals surface area contributed by atoms with Gasteiger partial charge in [0.15, 0.2) is 0 Å². The molecular formula is C14H23N3. The van der Waals surface area contributed by atoms with Crippen molar-refractivity contribution in [2.75, 3.05) is 11.9 Å². The van der Waals surface area contributed by atoms with E-state index in [1.807, 2.05) is 0 Å². The Bertz CT molecular complexity index is 343. The fourth-order valence-electron chi connectivity index (χ4n) is 2.49. The second-order valence-electron chi connectivity index (χ2n) is 5.35. The zero-order valence-electron chi connectivity index (χ0n) is 10.9. The van der Waals surface area contributed by atoms with Crippen LogP contribution in [0.4, 0.5) is 5.82 Å². The van der Waals surface area contributed by atoms with E-state index in [2.05, 4.69) is 35.2 Å². The van der Waals surface area contributed by atoms with Crippen LogP contribution in [0.5, 0.6) is 0 Å². The van der Waals surface area contributed by atoms with Gasteiger partial charge in [0.2, 0.25) is 0 Å². The zero-order valence-corrected chi connectivity index (χ0v) is 10.9. The van der Waals surface area contributed by atoms with Gasteiger partial charge in [-0.1, -0.05) is 39.5 Å². The van der Waals surface area contributed by atoms with Crippen molar-refractivity contribution in [2.24, 2.45) is 5.92 Å². The van der Waals surface area contributed by atoms with Crippen molar-refractivity contribution in [1.29, 1.82) is 0 Å². The molecule has 17 heavy (non-hydrogen) atoms. The topological polar surface area (TPSA) is 37.8 Å². The quantitative estimate of drug-likeness (QED) is 0.844. The summed E-state index contributed by atoms with van der Waals surface area (Å²) in [6.45, 7) is 5.36. The number of nitrogens with zero attached hydrogens (tertiary/aromatic N) is 2. The SMILES string of the molecule is CC(C)c1cc(NCCC2CCCC2)ncn1. The third-order valence-corrected chi connectivity index (χ3v) is 3.61. The molecule has 1 N–H and O–H groups in total. The van der Waals surface area contributed by atoms with Crippen molar-refractivity contribution in [3.63, 3.8) is 0 Å². The average molecular weight is 233 g/mol. The Morgan fingerprint density at radius 3 is 2.76 bits per heavy atom. The lowest BCUT2D eigenvalue weighted by molar-refractivity contribution is 0.518. The molecule has 0 unspecified atom stereocenters. The number of rotatable bonds is 5. The molecule has 94 valence electrons. The van der Waals surface area contributed by atoms with E-state index < -0.39 is 0 Å². The summed E-state index contributed by atoms with van der Waals surface area (Å²) in [5, 5.41) is 3.42. The van der Waals surface area contributed by atoms with Crippen LogP contribution in [-0.4, -0.2) is 16.5 Å². The Balaban J connectivity index is 1.79. The maximum Gasteiger partial charge on any atom is 0.129 e. The van der Waals surface area contributed by atoms with E-state index in [9.17, 15) is 0 Å². The minimum Gasteiger partial charge on any atom is -0.370 e.